The topological polar surface area (TPSA) is 34.1 Å². The van der Waals surface area contributed by atoms with Crippen LogP contribution in [0.3, 0.4) is 0 Å². The van der Waals surface area contributed by atoms with Crippen molar-refractivity contribution in [3.8, 4) is 0 Å². The van der Waals surface area contributed by atoms with E-state index in [-0.39, 0.29) is 6.42 Å². The van der Waals surface area contributed by atoms with Crippen molar-refractivity contribution in [1.29, 1.82) is 0 Å². The van der Waals surface area contributed by atoms with Gasteiger partial charge in [-0.2, -0.15) is 8.42 Å². The Balaban J connectivity index is 2.34. The van der Waals surface area contributed by atoms with Crippen molar-refractivity contribution in [3.63, 3.8) is 0 Å². The fourth-order valence-corrected chi connectivity index (χ4v) is 2.75. The highest BCUT2D eigenvalue weighted by molar-refractivity contribution is 7.86. The predicted molar refractivity (Wildman–Crippen MR) is 69.4 cm³/mol. The molecule has 0 fully saturated rings. The van der Waals surface area contributed by atoms with Gasteiger partial charge in [0.25, 0.3) is 0 Å². The lowest BCUT2D eigenvalue weighted by molar-refractivity contribution is 0.535. The molecule has 2 nitrogen and oxygen atoms in total. The molecule has 0 aliphatic heterocycles. The molecule has 0 aromatic heterocycles. The Kier molecular flexibility index (Phi) is 3.77. The predicted octanol–water partition coefficient (Wildman–Crippen LogP) is 3.27. The van der Waals surface area contributed by atoms with E-state index in [2.05, 4.69) is 0 Å². The molecule has 18 heavy (non-hydrogen) atoms. The molecule has 0 spiro atoms. The Morgan fingerprint density at radius 1 is 0.889 bits per heavy atom. The third-order valence-corrected chi connectivity index (χ3v) is 3.89. The van der Waals surface area contributed by atoms with E-state index in [0.717, 1.165) is 5.56 Å². The van der Waals surface area contributed by atoms with Crippen LogP contribution in [0, 0.1) is 0 Å². The summed E-state index contributed by atoms with van der Waals surface area (Å²) in [5.41, 5.74) is 1.27. The average Bonchev–Trinajstić information content (AvgIpc) is 2.37. The van der Waals surface area contributed by atoms with E-state index >= 15 is 0 Å². The fourth-order valence-electron chi connectivity index (χ4n) is 1.88. The molecule has 0 saturated carbocycles. The summed E-state index contributed by atoms with van der Waals surface area (Å²) >= 11 is 0. The van der Waals surface area contributed by atoms with Gasteiger partial charge in [-0.15, -0.1) is 3.89 Å². The number of rotatable bonds is 4. The van der Waals surface area contributed by atoms with Crippen molar-refractivity contribution >= 4 is 10.2 Å². The molecule has 0 radical (unpaired) electrons. The smallest absolute Gasteiger partial charge is 0.194 e. The van der Waals surface area contributed by atoms with Gasteiger partial charge in [0.05, 0.1) is 0 Å². The van der Waals surface area contributed by atoms with Crippen LogP contribution in [-0.4, -0.2) is 8.42 Å². The summed E-state index contributed by atoms with van der Waals surface area (Å²) in [4.78, 5) is 0. The maximum atomic E-state index is 13.4. The van der Waals surface area contributed by atoms with Crippen molar-refractivity contribution < 1.29 is 12.3 Å². The summed E-state index contributed by atoms with van der Waals surface area (Å²) in [5, 5.41) is -1.14. The Hall–Kier alpha value is -1.68. The molecule has 1 unspecified atom stereocenters. The monoisotopic (exact) mass is 264 g/mol. The van der Waals surface area contributed by atoms with Crippen molar-refractivity contribution in [2.75, 3.05) is 0 Å². The first-order chi connectivity index (χ1) is 8.57. The highest BCUT2D eigenvalue weighted by Crippen LogP contribution is 2.27. The zero-order valence-electron chi connectivity index (χ0n) is 9.66. The largest absolute Gasteiger partial charge is 0.309 e. The van der Waals surface area contributed by atoms with Crippen LogP contribution >= 0.6 is 0 Å². The van der Waals surface area contributed by atoms with Gasteiger partial charge >= 0.3 is 10.2 Å². The van der Waals surface area contributed by atoms with Crippen molar-refractivity contribution in [2.45, 2.75) is 11.7 Å². The Morgan fingerprint density at radius 3 is 1.89 bits per heavy atom. The van der Waals surface area contributed by atoms with Gasteiger partial charge in [-0.25, -0.2) is 0 Å². The van der Waals surface area contributed by atoms with E-state index in [0.29, 0.717) is 5.56 Å². The van der Waals surface area contributed by atoms with Gasteiger partial charge in [0.1, 0.15) is 5.25 Å². The minimum atomic E-state index is -4.62. The van der Waals surface area contributed by atoms with Crippen molar-refractivity contribution in [3.05, 3.63) is 71.8 Å². The normalized spacial score (nSPS) is 13.2. The molecule has 0 amide bonds. The lowest BCUT2D eigenvalue weighted by Crippen LogP contribution is -2.11. The van der Waals surface area contributed by atoms with E-state index in [9.17, 15) is 12.3 Å². The molecule has 1 atom stereocenters. The molecule has 0 N–H and O–H groups in total. The third-order valence-electron chi connectivity index (χ3n) is 2.78. The first kappa shape index (κ1) is 12.8. The maximum Gasteiger partial charge on any atom is 0.309 e. The minimum absolute atomic E-state index is 0.143. The molecule has 94 valence electrons. The van der Waals surface area contributed by atoms with E-state index in [1.165, 1.54) is 0 Å². The van der Waals surface area contributed by atoms with Gasteiger partial charge in [0.2, 0.25) is 0 Å². The average molecular weight is 264 g/mol. The minimum Gasteiger partial charge on any atom is -0.194 e. The van der Waals surface area contributed by atoms with Crippen molar-refractivity contribution in [1.82, 2.24) is 0 Å². The molecule has 0 heterocycles. The summed E-state index contributed by atoms with van der Waals surface area (Å²) in [7, 11) is -4.62. The van der Waals surface area contributed by atoms with Crippen LogP contribution in [0.5, 0.6) is 0 Å². The van der Waals surface area contributed by atoms with Gasteiger partial charge < -0.3 is 0 Å². The summed E-state index contributed by atoms with van der Waals surface area (Å²) in [6.45, 7) is 0. The SMILES string of the molecule is O=S(=O)(F)C(Cc1ccccc1)c1ccccc1. The molecule has 0 aliphatic rings. The molecule has 0 bridgehead atoms. The van der Waals surface area contributed by atoms with Crippen LogP contribution in [0.1, 0.15) is 16.4 Å². The molecule has 2 aromatic carbocycles. The van der Waals surface area contributed by atoms with Gasteiger partial charge in [-0.3, -0.25) is 0 Å². The zero-order chi connectivity index (χ0) is 13.0. The Bertz CT molecular complexity index is 594. The summed E-state index contributed by atoms with van der Waals surface area (Å²) < 4.78 is 35.9. The maximum absolute atomic E-state index is 13.4. The summed E-state index contributed by atoms with van der Waals surface area (Å²) in [6.07, 6.45) is 0.143. The van der Waals surface area contributed by atoms with Crippen LogP contribution in [0.25, 0.3) is 0 Å². The summed E-state index contributed by atoms with van der Waals surface area (Å²) in [6, 6.07) is 17.5. The molecule has 2 aromatic rings. The second-order valence-corrected chi connectivity index (χ2v) is 5.58. The zero-order valence-corrected chi connectivity index (χ0v) is 10.5. The molecule has 4 heteroatoms. The van der Waals surface area contributed by atoms with E-state index in [4.69, 9.17) is 0 Å². The number of benzene rings is 2. The van der Waals surface area contributed by atoms with Crippen LogP contribution in [0.4, 0.5) is 3.89 Å². The van der Waals surface area contributed by atoms with Crippen LogP contribution in [0.2, 0.25) is 0 Å². The molecular formula is C14H13FO2S. The standard InChI is InChI=1S/C14H13FO2S/c15-18(16,17)14(13-9-5-2-6-10-13)11-12-7-3-1-4-8-12/h1-10,14H,11H2. The number of hydrogen-bond donors (Lipinski definition) is 0. The van der Waals surface area contributed by atoms with Crippen molar-refractivity contribution in [2.24, 2.45) is 0 Å². The van der Waals surface area contributed by atoms with Gasteiger partial charge in [0, 0.05) is 0 Å². The molecule has 2 rings (SSSR count). The lowest BCUT2D eigenvalue weighted by Gasteiger charge is -2.13. The third kappa shape index (κ3) is 3.17. The van der Waals surface area contributed by atoms with Crippen LogP contribution < -0.4 is 0 Å². The van der Waals surface area contributed by atoms with Gasteiger partial charge in [-0.05, 0) is 17.5 Å². The van der Waals surface area contributed by atoms with E-state index in [1.54, 1.807) is 42.5 Å². The fraction of sp³-hybridized carbons (Fsp3) is 0.143. The van der Waals surface area contributed by atoms with E-state index in [1.807, 2.05) is 18.2 Å². The molecule has 0 saturated heterocycles. The quantitative estimate of drug-likeness (QED) is 0.794. The first-order valence-electron chi connectivity index (χ1n) is 5.60. The van der Waals surface area contributed by atoms with Crippen LogP contribution in [0.15, 0.2) is 60.7 Å². The number of halogens is 1. The first-order valence-corrected chi connectivity index (χ1v) is 7.04. The van der Waals surface area contributed by atoms with Gasteiger partial charge in [0.15, 0.2) is 0 Å². The van der Waals surface area contributed by atoms with Gasteiger partial charge in [-0.1, -0.05) is 60.7 Å². The van der Waals surface area contributed by atoms with E-state index < -0.39 is 15.5 Å². The second-order valence-electron chi connectivity index (χ2n) is 4.06. The Labute approximate surface area is 106 Å². The highest BCUT2D eigenvalue weighted by atomic mass is 32.3. The summed E-state index contributed by atoms with van der Waals surface area (Å²) in [5.74, 6) is 0. The number of hydrogen-bond acceptors (Lipinski definition) is 2. The molecule has 0 aliphatic carbocycles. The highest BCUT2D eigenvalue weighted by Gasteiger charge is 2.26. The molecular weight excluding hydrogens is 251 g/mol. The van der Waals surface area contributed by atoms with Crippen LogP contribution in [-0.2, 0) is 16.6 Å². The second kappa shape index (κ2) is 5.31. The Morgan fingerprint density at radius 2 is 1.39 bits per heavy atom. The lowest BCUT2D eigenvalue weighted by atomic mass is 10.0.